The Kier molecular flexibility index (Phi) is 3.76. The molecule has 1 amide bonds. The summed E-state index contributed by atoms with van der Waals surface area (Å²) in [4.78, 5) is 16.9. The molecular formula is C13H12ClN5OS. The van der Waals surface area contributed by atoms with Crippen molar-refractivity contribution >= 4 is 50.6 Å². The molecule has 0 radical (unpaired) electrons. The molecule has 108 valence electrons. The molecule has 3 N–H and O–H groups in total. The first-order valence-electron chi connectivity index (χ1n) is 6.31. The second kappa shape index (κ2) is 5.71. The topological polar surface area (TPSA) is 82.7 Å². The number of rotatable bonds is 4. The minimum atomic E-state index is -0.243. The lowest BCUT2D eigenvalue weighted by Crippen LogP contribution is -2.10. The summed E-state index contributed by atoms with van der Waals surface area (Å²) in [5.41, 5.74) is 1.36. The summed E-state index contributed by atoms with van der Waals surface area (Å²) in [7, 11) is 0. The van der Waals surface area contributed by atoms with E-state index >= 15 is 0 Å². The van der Waals surface area contributed by atoms with Crippen LogP contribution in [-0.2, 0) is 0 Å². The second-order valence-electron chi connectivity index (χ2n) is 4.27. The highest BCUT2D eigenvalue weighted by atomic mass is 35.5. The summed E-state index contributed by atoms with van der Waals surface area (Å²) < 4.78 is 0. The maximum atomic E-state index is 12.3. The molecule has 0 aliphatic heterocycles. The highest BCUT2D eigenvalue weighted by Gasteiger charge is 2.15. The standard InChI is InChI=1S/C13H12ClN5OS/c1-2-15-13-16-6-10(21-13)12(20)18-11-7-5-17-19-9(7)4-3-8(11)14/h3-6H,2H2,1H3,(H,15,16)(H,17,19)(H,18,20). The molecule has 0 fully saturated rings. The number of carbonyl (C=O) groups is 1. The van der Waals surface area contributed by atoms with E-state index in [4.69, 9.17) is 11.6 Å². The Morgan fingerprint density at radius 1 is 1.43 bits per heavy atom. The van der Waals surface area contributed by atoms with Gasteiger partial charge in [0.1, 0.15) is 4.88 Å². The van der Waals surface area contributed by atoms with Crippen molar-refractivity contribution in [1.82, 2.24) is 15.2 Å². The number of fused-ring (bicyclic) bond motifs is 1. The van der Waals surface area contributed by atoms with Crippen LogP contribution in [0.15, 0.2) is 24.5 Å². The van der Waals surface area contributed by atoms with E-state index in [2.05, 4.69) is 25.8 Å². The van der Waals surface area contributed by atoms with Gasteiger partial charge in [0.05, 0.1) is 28.6 Å². The maximum absolute atomic E-state index is 12.3. The van der Waals surface area contributed by atoms with Crippen molar-refractivity contribution in [2.75, 3.05) is 17.2 Å². The van der Waals surface area contributed by atoms with Crippen LogP contribution in [0.5, 0.6) is 0 Å². The molecule has 0 unspecified atom stereocenters. The molecule has 0 spiro atoms. The van der Waals surface area contributed by atoms with E-state index in [9.17, 15) is 4.79 Å². The van der Waals surface area contributed by atoms with Crippen LogP contribution in [0, 0.1) is 0 Å². The molecule has 0 saturated carbocycles. The van der Waals surface area contributed by atoms with Crippen LogP contribution in [0.1, 0.15) is 16.6 Å². The van der Waals surface area contributed by atoms with Crippen molar-refractivity contribution in [3.05, 3.63) is 34.4 Å². The van der Waals surface area contributed by atoms with E-state index in [1.54, 1.807) is 18.5 Å². The zero-order chi connectivity index (χ0) is 14.8. The van der Waals surface area contributed by atoms with Crippen molar-refractivity contribution in [2.45, 2.75) is 6.92 Å². The largest absolute Gasteiger partial charge is 0.362 e. The first-order valence-corrected chi connectivity index (χ1v) is 7.51. The van der Waals surface area contributed by atoms with Gasteiger partial charge in [0.25, 0.3) is 5.91 Å². The van der Waals surface area contributed by atoms with Crippen molar-refractivity contribution in [3.63, 3.8) is 0 Å². The summed E-state index contributed by atoms with van der Waals surface area (Å²) in [6.07, 6.45) is 3.18. The number of thiazole rings is 1. The average Bonchev–Trinajstić information content (AvgIpc) is 3.11. The number of benzene rings is 1. The highest BCUT2D eigenvalue weighted by molar-refractivity contribution is 7.17. The van der Waals surface area contributed by atoms with Crippen LogP contribution >= 0.6 is 22.9 Å². The van der Waals surface area contributed by atoms with Gasteiger partial charge < -0.3 is 10.6 Å². The fraction of sp³-hybridized carbons (Fsp3) is 0.154. The molecule has 2 heterocycles. The normalized spacial score (nSPS) is 10.8. The van der Waals surface area contributed by atoms with E-state index in [-0.39, 0.29) is 5.91 Å². The Bertz CT molecular complexity index is 797. The maximum Gasteiger partial charge on any atom is 0.267 e. The molecule has 2 aromatic heterocycles. The Morgan fingerprint density at radius 3 is 3.10 bits per heavy atom. The van der Waals surface area contributed by atoms with Gasteiger partial charge in [0, 0.05) is 11.9 Å². The van der Waals surface area contributed by atoms with E-state index < -0.39 is 0 Å². The van der Waals surface area contributed by atoms with Gasteiger partial charge in [0.15, 0.2) is 5.13 Å². The number of carbonyl (C=O) groups excluding carboxylic acids is 1. The molecule has 0 aliphatic rings. The molecule has 0 aliphatic carbocycles. The van der Waals surface area contributed by atoms with Crippen LogP contribution in [0.3, 0.4) is 0 Å². The minimum Gasteiger partial charge on any atom is -0.362 e. The zero-order valence-electron chi connectivity index (χ0n) is 11.1. The summed E-state index contributed by atoms with van der Waals surface area (Å²) >= 11 is 7.46. The first kappa shape index (κ1) is 13.8. The second-order valence-corrected chi connectivity index (χ2v) is 5.71. The molecule has 0 bridgehead atoms. The quantitative estimate of drug-likeness (QED) is 0.688. The lowest BCUT2D eigenvalue weighted by atomic mass is 10.2. The van der Waals surface area contributed by atoms with E-state index in [0.29, 0.717) is 15.6 Å². The van der Waals surface area contributed by atoms with Crippen molar-refractivity contribution in [2.24, 2.45) is 0 Å². The number of nitrogens with one attached hydrogen (secondary N) is 3. The van der Waals surface area contributed by atoms with E-state index in [1.807, 2.05) is 13.0 Å². The number of aromatic amines is 1. The molecule has 21 heavy (non-hydrogen) atoms. The van der Waals surface area contributed by atoms with Crippen molar-refractivity contribution in [1.29, 1.82) is 0 Å². The number of anilines is 2. The van der Waals surface area contributed by atoms with E-state index in [1.165, 1.54) is 11.3 Å². The smallest absolute Gasteiger partial charge is 0.267 e. The number of hydrogen-bond acceptors (Lipinski definition) is 5. The number of aromatic nitrogens is 3. The van der Waals surface area contributed by atoms with Gasteiger partial charge in [-0.2, -0.15) is 5.10 Å². The highest BCUT2D eigenvalue weighted by Crippen LogP contribution is 2.31. The van der Waals surface area contributed by atoms with Crippen LogP contribution < -0.4 is 10.6 Å². The first-order chi connectivity index (χ1) is 10.2. The Hall–Kier alpha value is -2.12. The fourth-order valence-electron chi connectivity index (χ4n) is 1.91. The van der Waals surface area contributed by atoms with Crippen LogP contribution in [-0.4, -0.2) is 27.6 Å². The Morgan fingerprint density at radius 2 is 2.29 bits per heavy atom. The third kappa shape index (κ3) is 2.70. The minimum absolute atomic E-state index is 0.243. The predicted molar refractivity (Wildman–Crippen MR) is 85.3 cm³/mol. The monoisotopic (exact) mass is 321 g/mol. The number of amides is 1. The number of halogens is 1. The van der Waals surface area contributed by atoms with Gasteiger partial charge in [-0.1, -0.05) is 22.9 Å². The molecule has 0 saturated heterocycles. The summed E-state index contributed by atoms with van der Waals surface area (Å²) in [6.45, 7) is 2.73. The number of hydrogen-bond donors (Lipinski definition) is 3. The molecule has 8 heteroatoms. The summed E-state index contributed by atoms with van der Waals surface area (Å²) in [5.74, 6) is -0.243. The Balaban J connectivity index is 1.88. The predicted octanol–water partition coefficient (Wildman–Crippen LogP) is 3.36. The lowest BCUT2D eigenvalue weighted by molar-refractivity contribution is 0.103. The van der Waals surface area contributed by atoms with Crippen LogP contribution in [0.4, 0.5) is 10.8 Å². The molecular weight excluding hydrogens is 310 g/mol. The van der Waals surface area contributed by atoms with Gasteiger partial charge in [0.2, 0.25) is 0 Å². The zero-order valence-corrected chi connectivity index (χ0v) is 12.7. The van der Waals surface area contributed by atoms with Gasteiger partial charge in [-0.3, -0.25) is 9.89 Å². The molecule has 3 aromatic rings. The lowest BCUT2D eigenvalue weighted by Gasteiger charge is -2.07. The SMILES string of the molecule is CCNc1ncc(C(=O)Nc2c(Cl)ccc3[nH]ncc23)s1. The van der Waals surface area contributed by atoms with Gasteiger partial charge in [-0.05, 0) is 19.1 Å². The van der Waals surface area contributed by atoms with E-state index in [0.717, 1.165) is 22.6 Å². The summed E-state index contributed by atoms with van der Waals surface area (Å²) in [5, 5.41) is 14.6. The molecule has 3 rings (SSSR count). The van der Waals surface area contributed by atoms with Gasteiger partial charge >= 0.3 is 0 Å². The fourth-order valence-corrected chi connectivity index (χ4v) is 2.90. The van der Waals surface area contributed by atoms with Crippen LogP contribution in [0.25, 0.3) is 10.9 Å². The molecule has 0 atom stereocenters. The molecule has 6 nitrogen and oxygen atoms in total. The van der Waals surface area contributed by atoms with Gasteiger partial charge in [-0.15, -0.1) is 0 Å². The number of H-pyrrole nitrogens is 1. The van der Waals surface area contributed by atoms with Crippen molar-refractivity contribution in [3.8, 4) is 0 Å². The Labute approximate surface area is 129 Å². The third-order valence-electron chi connectivity index (χ3n) is 2.87. The average molecular weight is 322 g/mol. The van der Waals surface area contributed by atoms with Crippen LogP contribution in [0.2, 0.25) is 5.02 Å². The van der Waals surface area contributed by atoms with Gasteiger partial charge in [-0.25, -0.2) is 4.98 Å². The number of nitrogens with zero attached hydrogens (tertiary/aromatic N) is 2. The third-order valence-corrected chi connectivity index (χ3v) is 4.14. The molecule has 1 aromatic carbocycles. The summed E-state index contributed by atoms with van der Waals surface area (Å²) in [6, 6.07) is 3.53. The van der Waals surface area contributed by atoms with Crippen molar-refractivity contribution < 1.29 is 4.79 Å².